The minimum atomic E-state index is -0.487. The Morgan fingerprint density at radius 2 is 1.63 bits per heavy atom. The molecule has 2 aromatic rings. The number of fused-ring (bicyclic) bond motifs is 2. The van der Waals surface area contributed by atoms with Gasteiger partial charge in [-0.15, -0.1) is 0 Å². The molecule has 0 spiro atoms. The summed E-state index contributed by atoms with van der Waals surface area (Å²) in [5.74, 6) is -1.29. The number of rotatable bonds is 4. The van der Waals surface area contributed by atoms with Crippen molar-refractivity contribution in [3.8, 4) is 0 Å². The van der Waals surface area contributed by atoms with Crippen molar-refractivity contribution in [2.45, 2.75) is 32.1 Å². The van der Waals surface area contributed by atoms with Crippen LogP contribution in [0.2, 0.25) is 0 Å². The van der Waals surface area contributed by atoms with Gasteiger partial charge in [0, 0.05) is 11.8 Å². The molecule has 30 heavy (non-hydrogen) atoms. The van der Waals surface area contributed by atoms with E-state index >= 15 is 0 Å². The summed E-state index contributed by atoms with van der Waals surface area (Å²) in [6, 6.07) is 10.5. The summed E-state index contributed by atoms with van der Waals surface area (Å²) in [4.78, 5) is 38.0. The summed E-state index contributed by atoms with van der Waals surface area (Å²) in [6.45, 7) is 0. The van der Waals surface area contributed by atoms with E-state index in [1.54, 1.807) is 12.1 Å². The standard InChI is InChI=1S/C23H21N3O4/c27-22-18-6-1-2-7-19(18)23(28)25(22)17-10-11-20(21(13-17)26(29)30)24-16-9-8-14-4-3-5-15(14)12-16/h1-2,8-13,18-19,24H,3-7H2. The first kappa shape index (κ1) is 18.5. The Hall–Kier alpha value is -3.48. The summed E-state index contributed by atoms with van der Waals surface area (Å²) in [6.07, 6.45) is 8.12. The highest BCUT2D eigenvalue weighted by molar-refractivity contribution is 6.22. The number of benzene rings is 2. The van der Waals surface area contributed by atoms with Crippen molar-refractivity contribution < 1.29 is 14.5 Å². The molecule has 1 saturated heterocycles. The lowest BCUT2D eigenvalue weighted by Gasteiger charge is -2.16. The number of anilines is 3. The smallest absolute Gasteiger partial charge is 0.294 e. The van der Waals surface area contributed by atoms with Crippen LogP contribution in [0.15, 0.2) is 48.6 Å². The van der Waals surface area contributed by atoms with E-state index in [2.05, 4.69) is 11.4 Å². The molecule has 1 aliphatic heterocycles. The Morgan fingerprint density at radius 3 is 2.33 bits per heavy atom. The number of nitrogens with zero attached hydrogens (tertiary/aromatic N) is 2. The first-order valence-electron chi connectivity index (χ1n) is 10.2. The van der Waals surface area contributed by atoms with Gasteiger partial charge in [-0.1, -0.05) is 18.2 Å². The third-order valence-corrected chi connectivity index (χ3v) is 6.32. The predicted octanol–water partition coefficient (Wildman–Crippen LogP) is 4.28. The molecule has 2 unspecified atom stereocenters. The third kappa shape index (κ3) is 2.98. The molecule has 1 fully saturated rings. The van der Waals surface area contributed by atoms with Crippen LogP contribution in [0, 0.1) is 22.0 Å². The van der Waals surface area contributed by atoms with Gasteiger partial charge in [-0.25, -0.2) is 4.90 Å². The molecule has 2 amide bonds. The molecule has 0 saturated carbocycles. The SMILES string of the molecule is O=C1C2CC=CCC2C(=O)N1c1ccc(Nc2ccc3c(c2)CCC3)c([N+](=O)[O-])c1. The van der Waals surface area contributed by atoms with Gasteiger partial charge in [0.05, 0.1) is 22.4 Å². The van der Waals surface area contributed by atoms with Gasteiger partial charge in [0.1, 0.15) is 5.69 Å². The van der Waals surface area contributed by atoms with Crippen LogP contribution in [-0.2, 0) is 22.4 Å². The Bertz CT molecular complexity index is 1080. The summed E-state index contributed by atoms with van der Waals surface area (Å²) in [5, 5.41) is 14.9. The maximum absolute atomic E-state index is 12.8. The molecule has 0 bridgehead atoms. The first-order valence-corrected chi connectivity index (χ1v) is 10.2. The maximum atomic E-state index is 12.8. The number of carbonyl (C=O) groups excluding carboxylic acids is 2. The Morgan fingerprint density at radius 1 is 0.933 bits per heavy atom. The molecule has 0 radical (unpaired) electrons. The van der Waals surface area contributed by atoms with E-state index in [1.807, 2.05) is 24.3 Å². The van der Waals surface area contributed by atoms with Gasteiger partial charge in [0.15, 0.2) is 0 Å². The van der Waals surface area contributed by atoms with Crippen LogP contribution < -0.4 is 10.2 Å². The predicted molar refractivity (Wildman–Crippen MR) is 113 cm³/mol. The number of hydrogen-bond acceptors (Lipinski definition) is 5. The summed E-state index contributed by atoms with van der Waals surface area (Å²) in [7, 11) is 0. The Balaban J connectivity index is 1.46. The fourth-order valence-corrected chi connectivity index (χ4v) is 4.78. The normalized spacial score (nSPS) is 22.2. The van der Waals surface area contributed by atoms with Crippen LogP contribution in [-0.4, -0.2) is 16.7 Å². The summed E-state index contributed by atoms with van der Waals surface area (Å²) < 4.78 is 0. The van der Waals surface area contributed by atoms with Crippen LogP contribution in [0.5, 0.6) is 0 Å². The molecule has 1 heterocycles. The fourth-order valence-electron chi connectivity index (χ4n) is 4.78. The number of amides is 2. The lowest BCUT2D eigenvalue weighted by molar-refractivity contribution is -0.383. The van der Waals surface area contributed by atoms with Crippen LogP contribution >= 0.6 is 0 Å². The van der Waals surface area contributed by atoms with Gasteiger partial charge < -0.3 is 5.32 Å². The first-order chi connectivity index (χ1) is 14.5. The molecular formula is C23H21N3O4. The van der Waals surface area contributed by atoms with Crippen molar-refractivity contribution in [1.29, 1.82) is 0 Å². The second-order valence-corrected chi connectivity index (χ2v) is 8.09. The molecular weight excluding hydrogens is 382 g/mol. The van der Waals surface area contributed by atoms with E-state index in [9.17, 15) is 19.7 Å². The van der Waals surface area contributed by atoms with Gasteiger partial charge in [0.2, 0.25) is 11.8 Å². The zero-order chi connectivity index (χ0) is 20.8. The number of aryl methyl sites for hydroxylation is 2. The number of hydrogen-bond donors (Lipinski definition) is 1. The minimum Gasteiger partial charge on any atom is -0.350 e. The van der Waals surface area contributed by atoms with Crippen molar-refractivity contribution in [2.24, 2.45) is 11.8 Å². The van der Waals surface area contributed by atoms with Gasteiger partial charge >= 0.3 is 0 Å². The van der Waals surface area contributed by atoms with Crippen LogP contribution in [0.4, 0.5) is 22.7 Å². The molecule has 2 aliphatic carbocycles. The second-order valence-electron chi connectivity index (χ2n) is 8.09. The highest BCUT2D eigenvalue weighted by Gasteiger charge is 2.48. The minimum absolute atomic E-state index is 0.165. The molecule has 2 atom stereocenters. The average molecular weight is 403 g/mol. The summed E-state index contributed by atoms with van der Waals surface area (Å²) >= 11 is 0. The quantitative estimate of drug-likeness (QED) is 0.356. The van der Waals surface area contributed by atoms with Crippen molar-refractivity contribution in [3.63, 3.8) is 0 Å². The number of allylic oxidation sites excluding steroid dienone is 2. The van der Waals surface area contributed by atoms with Gasteiger partial charge in [-0.2, -0.15) is 0 Å². The van der Waals surface area contributed by atoms with Crippen molar-refractivity contribution >= 4 is 34.6 Å². The van der Waals surface area contributed by atoms with Crippen molar-refractivity contribution in [2.75, 3.05) is 10.2 Å². The molecule has 3 aliphatic rings. The molecule has 152 valence electrons. The highest BCUT2D eigenvalue weighted by atomic mass is 16.6. The van der Waals surface area contributed by atoms with E-state index in [4.69, 9.17) is 0 Å². The van der Waals surface area contributed by atoms with Gasteiger partial charge in [-0.05, 0) is 67.5 Å². The lowest BCUT2D eigenvalue weighted by Crippen LogP contribution is -2.30. The molecule has 0 aromatic heterocycles. The zero-order valence-corrected chi connectivity index (χ0v) is 16.3. The Kier molecular flexibility index (Phi) is 4.38. The highest BCUT2D eigenvalue weighted by Crippen LogP contribution is 2.40. The number of nitrogens with one attached hydrogen (secondary N) is 1. The van der Waals surface area contributed by atoms with Gasteiger partial charge in [-0.3, -0.25) is 19.7 Å². The lowest BCUT2D eigenvalue weighted by atomic mass is 9.85. The van der Waals surface area contributed by atoms with E-state index in [1.165, 1.54) is 17.2 Å². The number of imide groups is 1. The van der Waals surface area contributed by atoms with E-state index in [-0.39, 0.29) is 35.0 Å². The van der Waals surface area contributed by atoms with E-state index < -0.39 is 4.92 Å². The second kappa shape index (κ2) is 7.09. The number of nitro groups is 1. The fraction of sp³-hybridized carbons (Fsp3) is 0.304. The number of nitro benzene ring substituents is 1. The van der Waals surface area contributed by atoms with Crippen LogP contribution in [0.25, 0.3) is 0 Å². The monoisotopic (exact) mass is 403 g/mol. The molecule has 7 nitrogen and oxygen atoms in total. The van der Waals surface area contributed by atoms with Crippen LogP contribution in [0.1, 0.15) is 30.4 Å². The molecule has 7 heteroatoms. The molecule has 1 N–H and O–H groups in total. The zero-order valence-electron chi connectivity index (χ0n) is 16.3. The van der Waals surface area contributed by atoms with Crippen LogP contribution in [0.3, 0.4) is 0 Å². The van der Waals surface area contributed by atoms with Crippen molar-refractivity contribution in [1.82, 2.24) is 0 Å². The summed E-state index contributed by atoms with van der Waals surface area (Å²) in [5.41, 5.74) is 3.81. The molecule has 2 aromatic carbocycles. The van der Waals surface area contributed by atoms with Crippen molar-refractivity contribution in [3.05, 3.63) is 69.8 Å². The largest absolute Gasteiger partial charge is 0.350 e. The molecule has 5 rings (SSSR count). The Labute approximate surface area is 173 Å². The van der Waals surface area contributed by atoms with Gasteiger partial charge in [0.25, 0.3) is 5.69 Å². The topological polar surface area (TPSA) is 92.6 Å². The maximum Gasteiger partial charge on any atom is 0.294 e. The number of carbonyl (C=O) groups is 2. The third-order valence-electron chi connectivity index (χ3n) is 6.32. The average Bonchev–Trinajstić information content (AvgIpc) is 3.31. The van der Waals surface area contributed by atoms with E-state index in [0.717, 1.165) is 29.8 Å². The van der Waals surface area contributed by atoms with E-state index in [0.29, 0.717) is 18.5 Å².